The van der Waals surface area contributed by atoms with Crippen molar-refractivity contribution in [1.82, 2.24) is 4.90 Å². The maximum absolute atomic E-state index is 12.1. The van der Waals surface area contributed by atoms with E-state index in [1.165, 1.54) is 0 Å². The van der Waals surface area contributed by atoms with Gasteiger partial charge in [0.15, 0.2) is 0 Å². The molecular weight excluding hydrogens is 268 g/mol. The largest absolute Gasteiger partial charge is 0.378 e. The Morgan fingerprint density at radius 3 is 2.29 bits per heavy atom. The van der Waals surface area contributed by atoms with E-state index >= 15 is 0 Å². The summed E-state index contributed by atoms with van der Waals surface area (Å²) in [5.41, 5.74) is 3.99. The molecule has 1 aromatic carbocycles. The van der Waals surface area contributed by atoms with Crippen LogP contribution >= 0.6 is 0 Å². The highest BCUT2D eigenvalue weighted by molar-refractivity contribution is 6.04. The monoisotopic (exact) mass is 290 g/mol. The van der Waals surface area contributed by atoms with E-state index in [9.17, 15) is 9.59 Å². The fourth-order valence-corrected chi connectivity index (χ4v) is 2.62. The maximum Gasteiger partial charge on any atom is 0.233 e. The van der Waals surface area contributed by atoms with Crippen molar-refractivity contribution in [1.29, 1.82) is 0 Å². The van der Waals surface area contributed by atoms with Crippen molar-refractivity contribution in [3.8, 4) is 0 Å². The quantitative estimate of drug-likeness (QED) is 0.864. The molecule has 5 heteroatoms. The van der Waals surface area contributed by atoms with Gasteiger partial charge in [0.05, 0.1) is 13.2 Å². The topological polar surface area (TPSA) is 58.6 Å². The minimum Gasteiger partial charge on any atom is -0.378 e. The third-order valence-electron chi connectivity index (χ3n) is 3.62. The van der Waals surface area contributed by atoms with Gasteiger partial charge >= 0.3 is 0 Å². The Balaban J connectivity index is 1.97. The molecule has 1 aliphatic heterocycles. The number of hydrogen-bond acceptors (Lipinski definition) is 3. The lowest BCUT2D eigenvalue weighted by molar-refractivity contribution is -0.138. The molecule has 0 unspecified atom stereocenters. The summed E-state index contributed by atoms with van der Waals surface area (Å²) in [5.74, 6) is -0.403. The molecule has 114 valence electrons. The second kappa shape index (κ2) is 6.72. The van der Waals surface area contributed by atoms with Crippen LogP contribution in [0.5, 0.6) is 0 Å². The predicted octanol–water partition coefficient (Wildman–Crippen LogP) is 1.80. The zero-order chi connectivity index (χ0) is 15.4. The average Bonchev–Trinajstić information content (AvgIpc) is 2.43. The zero-order valence-electron chi connectivity index (χ0n) is 12.9. The number of morpholine rings is 1. The molecule has 0 spiro atoms. The molecule has 21 heavy (non-hydrogen) atoms. The summed E-state index contributed by atoms with van der Waals surface area (Å²) in [6.07, 6.45) is -0.118. The number of hydrogen-bond donors (Lipinski definition) is 1. The van der Waals surface area contributed by atoms with Gasteiger partial charge in [-0.2, -0.15) is 0 Å². The van der Waals surface area contributed by atoms with Crippen molar-refractivity contribution < 1.29 is 14.3 Å². The number of carbonyl (C=O) groups is 2. The molecule has 1 heterocycles. The van der Waals surface area contributed by atoms with Crippen molar-refractivity contribution in [2.75, 3.05) is 31.6 Å². The van der Waals surface area contributed by atoms with Gasteiger partial charge in [0.1, 0.15) is 6.42 Å². The van der Waals surface area contributed by atoms with Crippen LogP contribution in [0.3, 0.4) is 0 Å². The van der Waals surface area contributed by atoms with Crippen LogP contribution in [0.15, 0.2) is 12.1 Å². The van der Waals surface area contributed by atoms with Gasteiger partial charge in [-0.15, -0.1) is 0 Å². The lowest BCUT2D eigenvalue weighted by Crippen LogP contribution is -2.42. The van der Waals surface area contributed by atoms with E-state index in [1.54, 1.807) is 4.90 Å². The van der Waals surface area contributed by atoms with Crippen LogP contribution in [0.1, 0.15) is 23.1 Å². The van der Waals surface area contributed by atoms with Crippen LogP contribution in [-0.4, -0.2) is 43.0 Å². The number of anilines is 1. The first-order valence-electron chi connectivity index (χ1n) is 7.20. The van der Waals surface area contributed by atoms with Gasteiger partial charge in [-0.25, -0.2) is 0 Å². The van der Waals surface area contributed by atoms with Crippen LogP contribution in [0.4, 0.5) is 5.69 Å². The van der Waals surface area contributed by atoms with Gasteiger partial charge in [0.2, 0.25) is 11.8 Å². The third kappa shape index (κ3) is 4.04. The molecule has 0 bridgehead atoms. The zero-order valence-corrected chi connectivity index (χ0v) is 12.9. The molecule has 2 amide bonds. The highest BCUT2D eigenvalue weighted by Gasteiger charge is 2.20. The van der Waals surface area contributed by atoms with Gasteiger partial charge in [0, 0.05) is 18.8 Å². The molecular formula is C16H22N2O3. The van der Waals surface area contributed by atoms with Crippen LogP contribution in [-0.2, 0) is 14.3 Å². The summed E-state index contributed by atoms with van der Waals surface area (Å²) in [6.45, 7) is 8.16. The van der Waals surface area contributed by atoms with Crippen molar-refractivity contribution in [2.45, 2.75) is 27.2 Å². The van der Waals surface area contributed by atoms with Gasteiger partial charge in [-0.05, 0) is 31.9 Å². The Bertz CT molecular complexity index is 525. The number of nitrogens with zero attached hydrogens (tertiary/aromatic N) is 1. The normalized spacial score (nSPS) is 14.9. The van der Waals surface area contributed by atoms with Crippen molar-refractivity contribution in [3.05, 3.63) is 28.8 Å². The first-order valence-corrected chi connectivity index (χ1v) is 7.20. The van der Waals surface area contributed by atoms with E-state index in [2.05, 4.69) is 5.32 Å². The molecule has 0 atom stereocenters. The van der Waals surface area contributed by atoms with Crippen molar-refractivity contribution >= 4 is 17.5 Å². The van der Waals surface area contributed by atoms with Crippen LogP contribution < -0.4 is 5.32 Å². The minimum absolute atomic E-state index is 0.118. The lowest BCUT2D eigenvalue weighted by Gasteiger charge is -2.26. The molecule has 1 aliphatic rings. The first-order chi connectivity index (χ1) is 9.97. The second-order valence-electron chi connectivity index (χ2n) is 5.49. The molecule has 2 rings (SSSR count). The minimum atomic E-state index is -0.262. The van der Waals surface area contributed by atoms with Crippen LogP contribution in [0, 0.1) is 20.8 Å². The molecule has 0 saturated carbocycles. The number of rotatable bonds is 3. The smallest absolute Gasteiger partial charge is 0.233 e. The number of amides is 2. The van der Waals surface area contributed by atoms with E-state index in [-0.39, 0.29) is 18.2 Å². The summed E-state index contributed by atoms with van der Waals surface area (Å²) in [4.78, 5) is 25.8. The van der Waals surface area contributed by atoms with Crippen molar-refractivity contribution in [2.24, 2.45) is 0 Å². The molecule has 1 aromatic rings. The first kappa shape index (κ1) is 15.5. The Morgan fingerprint density at radius 1 is 1.14 bits per heavy atom. The number of benzene rings is 1. The summed E-state index contributed by atoms with van der Waals surface area (Å²) in [6, 6.07) is 4.04. The van der Waals surface area contributed by atoms with Gasteiger partial charge < -0.3 is 15.0 Å². The van der Waals surface area contributed by atoms with Crippen LogP contribution in [0.2, 0.25) is 0 Å². The van der Waals surface area contributed by atoms with Gasteiger partial charge in [-0.3, -0.25) is 9.59 Å². The van der Waals surface area contributed by atoms with Gasteiger partial charge in [0.25, 0.3) is 0 Å². The van der Waals surface area contributed by atoms with E-state index in [1.807, 2.05) is 32.9 Å². The fraction of sp³-hybridized carbons (Fsp3) is 0.500. The highest BCUT2D eigenvalue weighted by Crippen LogP contribution is 2.22. The average molecular weight is 290 g/mol. The highest BCUT2D eigenvalue weighted by atomic mass is 16.5. The van der Waals surface area contributed by atoms with E-state index < -0.39 is 0 Å². The number of aryl methyl sites for hydroxylation is 3. The van der Waals surface area contributed by atoms with E-state index in [4.69, 9.17) is 4.74 Å². The van der Waals surface area contributed by atoms with Gasteiger partial charge in [-0.1, -0.05) is 17.7 Å². The second-order valence-corrected chi connectivity index (χ2v) is 5.49. The summed E-state index contributed by atoms with van der Waals surface area (Å²) in [5, 5.41) is 2.86. The molecule has 1 saturated heterocycles. The molecule has 1 fully saturated rings. The predicted molar refractivity (Wildman–Crippen MR) is 81.3 cm³/mol. The number of nitrogens with one attached hydrogen (secondary N) is 1. The van der Waals surface area contributed by atoms with E-state index in [0.29, 0.717) is 26.3 Å². The van der Waals surface area contributed by atoms with Crippen molar-refractivity contribution in [3.63, 3.8) is 0 Å². The third-order valence-corrected chi connectivity index (χ3v) is 3.62. The SMILES string of the molecule is Cc1cc(C)c(NC(=O)CC(=O)N2CCOCC2)c(C)c1. The number of ether oxygens (including phenoxy) is 1. The Hall–Kier alpha value is -1.88. The summed E-state index contributed by atoms with van der Waals surface area (Å²) < 4.78 is 5.20. The molecule has 0 aromatic heterocycles. The Kier molecular flexibility index (Phi) is 4.96. The van der Waals surface area contributed by atoms with E-state index in [0.717, 1.165) is 22.4 Å². The molecule has 5 nitrogen and oxygen atoms in total. The molecule has 1 N–H and O–H groups in total. The maximum atomic E-state index is 12.1. The Morgan fingerprint density at radius 2 is 1.71 bits per heavy atom. The summed E-state index contributed by atoms with van der Waals surface area (Å²) in [7, 11) is 0. The molecule has 0 aliphatic carbocycles. The number of carbonyl (C=O) groups excluding carboxylic acids is 2. The lowest BCUT2D eigenvalue weighted by atomic mass is 10.0. The Labute approximate surface area is 125 Å². The molecule has 0 radical (unpaired) electrons. The standard InChI is InChI=1S/C16H22N2O3/c1-11-8-12(2)16(13(3)9-11)17-14(19)10-15(20)18-4-6-21-7-5-18/h8-9H,4-7,10H2,1-3H3,(H,17,19). The fourth-order valence-electron chi connectivity index (χ4n) is 2.62. The van der Waals surface area contributed by atoms with Crippen LogP contribution in [0.25, 0.3) is 0 Å². The summed E-state index contributed by atoms with van der Waals surface area (Å²) >= 11 is 0.